The molecule has 0 radical (unpaired) electrons. The number of nitro groups is 1. The zero-order valence-corrected chi connectivity index (χ0v) is 13.4. The highest BCUT2D eigenvalue weighted by Crippen LogP contribution is 2.26. The molecule has 7 nitrogen and oxygen atoms in total. The first-order chi connectivity index (χ1) is 10.3. The van der Waals surface area contributed by atoms with Crippen LogP contribution in [0.1, 0.15) is 15.3 Å². The van der Waals surface area contributed by atoms with E-state index in [0.29, 0.717) is 9.75 Å². The second kappa shape index (κ2) is 6.24. The van der Waals surface area contributed by atoms with Crippen LogP contribution in [0.15, 0.2) is 40.3 Å². The SMILES string of the molecule is Cc1ccc(S(=O)(=O)N/N=C/c2cc([N+](=O)[O-])c(C)s2)cc1. The van der Waals surface area contributed by atoms with Crippen LogP contribution in [0.3, 0.4) is 0 Å². The Balaban J connectivity index is 2.13. The minimum Gasteiger partial charge on any atom is -0.258 e. The van der Waals surface area contributed by atoms with Gasteiger partial charge in [-0.2, -0.15) is 13.5 Å². The molecule has 22 heavy (non-hydrogen) atoms. The van der Waals surface area contributed by atoms with Gasteiger partial charge < -0.3 is 0 Å². The number of hydrogen-bond donors (Lipinski definition) is 1. The summed E-state index contributed by atoms with van der Waals surface area (Å²) in [5, 5.41) is 14.4. The lowest BCUT2D eigenvalue weighted by molar-refractivity contribution is -0.385. The molecule has 2 aromatic rings. The fraction of sp³-hybridized carbons (Fsp3) is 0.154. The number of benzene rings is 1. The molecule has 0 aliphatic rings. The van der Waals surface area contributed by atoms with Crippen molar-refractivity contribution in [3.63, 3.8) is 0 Å². The third-order valence-corrected chi connectivity index (χ3v) is 5.02. The molecule has 0 amide bonds. The van der Waals surface area contributed by atoms with E-state index in [1.807, 2.05) is 6.92 Å². The first kappa shape index (κ1) is 16.1. The Kier molecular flexibility index (Phi) is 4.57. The molecule has 0 fully saturated rings. The van der Waals surface area contributed by atoms with E-state index in [2.05, 4.69) is 9.93 Å². The van der Waals surface area contributed by atoms with Gasteiger partial charge in [0.1, 0.15) is 0 Å². The van der Waals surface area contributed by atoms with Crippen molar-refractivity contribution < 1.29 is 13.3 Å². The van der Waals surface area contributed by atoms with Gasteiger partial charge in [0.25, 0.3) is 15.7 Å². The molecular formula is C13H13N3O4S2. The average molecular weight is 339 g/mol. The van der Waals surface area contributed by atoms with Gasteiger partial charge in [0.05, 0.1) is 25.8 Å². The second-order valence-electron chi connectivity index (χ2n) is 4.51. The summed E-state index contributed by atoms with van der Waals surface area (Å²) in [5.74, 6) is 0. The van der Waals surface area contributed by atoms with Gasteiger partial charge in [-0.3, -0.25) is 10.1 Å². The standard InChI is InChI=1S/C13H13N3O4S2/c1-9-3-5-12(6-4-9)22(19,20)15-14-8-11-7-13(16(17)18)10(2)21-11/h3-8,15H,1-2H3/b14-8+. The van der Waals surface area contributed by atoms with Crippen molar-refractivity contribution in [2.24, 2.45) is 5.10 Å². The largest absolute Gasteiger partial charge is 0.283 e. The number of rotatable bonds is 5. The van der Waals surface area contributed by atoms with Gasteiger partial charge in [-0.05, 0) is 26.0 Å². The molecule has 0 spiro atoms. The normalized spacial score (nSPS) is 11.7. The first-order valence-corrected chi connectivity index (χ1v) is 8.46. The third-order valence-electron chi connectivity index (χ3n) is 2.80. The van der Waals surface area contributed by atoms with Gasteiger partial charge in [-0.25, -0.2) is 4.83 Å². The van der Waals surface area contributed by atoms with Crippen molar-refractivity contribution in [1.29, 1.82) is 0 Å². The van der Waals surface area contributed by atoms with Crippen molar-refractivity contribution in [2.45, 2.75) is 18.7 Å². The van der Waals surface area contributed by atoms with E-state index in [-0.39, 0.29) is 10.6 Å². The van der Waals surface area contributed by atoms with E-state index < -0.39 is 14.9 Å². The summed E-state index contributed by atoms with van der Waals surface area (Å²) in [6, 6.07) is 7.68. The zero-order chi connectivity index (χ0) is 16.3. The van der Waals surface area contributed by atoms with Gasteiger partial charge in [0.2, 0.25) is 0 Å². The summed E-state index contributed by atoms with van der Waals surface area (Å²) in [6.45, 7) is 3.48. The topological polar surface area (TPSA) is 102 Å². The van der Waals surface area contributed by atoms with Crippen molar-refractivity contribution in [1.82, 2.24) is 4.83 Å². The smallest absolute Gasteiger partial charge is 0.258 e. The number of thiophene rings is 1. The molecule has 0 atom stereocenters. The van der Waals surface area contributed by atoms with Crippen LogP contribution >= 0.6 is 11.3 Å². The van der Waals surface area contributed by atoms with Gasteiger partial charge >= 0.3 is 0 Å². The fourth-order valence-electron chi connectivity index (χ4n) is 1.67. The van der Waals surface area contributed by atoms with Gasteiger partial charge in [-0.1, -0.05) is 17.7 Å². The number of sulfonamides is 1. The van der Waals surface area contributed by atoms with Crippen LogP contribution in [0.25, 0.3) is 0 Å². The van der Waals surface area contributed by atoms with E-state index in [0.717, 1.165) is 5.56 Å². The number of hydrazone groups is 1. The molecule has 9 heteroatoms. The average Bonchev–Trinajstić information content (AvgIpc) is 2.80. The van der Waals surface area contributed by atoms with Crippen LogP contribution in [0.5, 0.6) is 0 Å². The molecule has 2 rings (SSSR count). The minimum atomic E-state index is -3.74. The Morgan fingerprint density at radius 3 is 2.45 bits per heavy atom. The second-order valence-corrected chi connectivity index (χ2v) is 7.46. The quantitative estimate of drug-likeness (QED) is 0.514. The number of aryl methyl sites for hydroxylation is 2. The lowest BCUT2D eigenvalue weighted by Crippen LogP contribution is -2.18. The summed E-state index contributed by atoms with van der Waals surface area (Å²) >= 11 is 1.17. The van der Waals surface area contributed by atoms with E-state index in [9.17, 15) is 18.5 Å². The molecule has 0 saturated heterocycles. The maximum atomic E-state index is 12.0. The van der Waals surface area contributed by atoms with Gasteiger partial charge in [0.15, 0.2) is 0 Å². The van der Waals surface area contributed by atoms with E-state index in [1.54, 1.807) is 19.1 Å². The highest BCUT2D eigenvalue weighted by Gasteiger charge is 2.15. The Hall–Kier alpha value is -2.26. The zero-order valence-electron chi connectivity index (χ0n) is 11.8. The lowest BCUT2D eigenvalue weighted by atomic mass is 10.2. The molecule has 0 aliphatic carbocycles. The molecule has 1 aromatic heterocycles. The molecule has 1 heterocycles. The predicted molar refractivity (Wildman–Crippen MR) is 84.8 cm³/mol. The highest BCUT2D eigenvalue weighted by atomic mass is 32.2. The lowest BCUT2D eigenvalue weighted by Gasteiger charge is -2.02. The predicted octanol–water partition coefficient (Wildman–Crippen LogP) is 2.59. The van der Waals surface area contributed by atoms with Gasteiger partial charge in [0, 0.05) is 6.07 Å². The van der Waals surface area contributed by atoms with Crippen molar-refractivity contribution in [2.75, 3.05) is 0 Å². The molecule has 0 saturated carbocycles. The molecule has 0 bridgehead atoms. The van der Waals surface area contributed by atoms with Crippen LogP contribution in [0.2, 0.25) is 0 Å². The summed E-state index contributed by atoms with van der Waals surface area (Å²) in [4.78, 5) is 13.5. The first-order valence-electron chi connectivity index (χ1n) is 6.16. The maximum Gasteiger partial charge on any atom is 0.283 e. The molecule has 116 valence electrons. The Morgan fingerprint density at radius 1 is 1.27 bits per heavy atom. The molecule has 1 N–H and O–H groups in total. The Labute approximate surface area is 131 Å². The molecular weight excluding hydrogens is 326 g/mol. The van der Waals surface area contributed by atoms with E-state index >= 15 is 0 Å². The summed E-state index contributed by atoms with van der Waals surface area (Å²) in [5.41, 5.74) is 0.941. The van der Waals surface area contributed by atoms with Crippen molar-refractivity contribution in [3.8, 4) is 0 Å². The summed E-state index contributed by atoms with van der Waals surface area (Å²) in [6.07, 6.45) is 1.25. The van der Waals surface area contributed by atoms with E-state index in [1.165, 1.54) is 35.8 Å². The van der Waals surface area contributed by atoms with Crippen LogP contribution < -0.4 is 4.83 Å². The summed E-state index contributed by atoms with van der Waals surface area (Å²) < 4.78 is 24.0. The minimum absolute atomic E-state index is 0.00663. The van der Waals surface area contributed by atoms with Crippen molar-refractivity contribution in [3.05, 3.63) is 55.8 Å². The molecule has 1 aromatic carbocycles. The molecule has 0 unspecified atom stereocenters. The monoisotopic (exact) mass is 339 g/mol. The van der Waals surface area contributed by atoms with Crippen LogP contribution in [-0.2, 0) is 10.0 Å². The Bertz CT molecular complexity index is 823. The van der Waals surface area contributed by atoms with Crippen LogP contribution in [0.4, 0.5) is 5.69 Å². The Morgan fingerprint density at radius 2 is 1.91 bits per heavy atom. The highest BCUT2D eigenvalue weighted by molar-refractivity contribution is 7.89. The number of nitrogens with zero attached hydrogens (tertiary/aromatic N) is 2. The van der Waals surface area contributed by atoms with Gasteiger partial charge in [-0.15, -0.1) is 11.3 Å². The van der Waals surface area contributed by atoms with E-state index in [4.69, 9.17) is 0 Å². The summed E-state index contributed by atoms with van der Waals surface area (Å²) in [7, 11) is -3.74. The fourth-order valence-corrected chi connectivity index (χ4v) is 3.33. The van der Waals surface area contributed by atoms with Crippen molar-refractivity contribution >= 4 is 33.3 Å². The number of nitrogens with one attached hydrogen (secondary N) is 1. The third kappa shape index (κ3) is 3.68. The molecule has 0 aliphatic heterocycles. The van der Waals surface area contributed by atoms with Crippen LogP contribution in [0, 0.1) is 24.0 Å². The van der Waals surface area contributed by atoms with Crippen LogP contribution in [-0.4, -0.2) is 19.6 Å². The number of hydrogen-bond acceptors (Lipinski definition) is 6. The maximum absolute atomic E-state index is 12.0.